The molecule has 17 heavy (non-hydrogen) atoms. The zero-order valence-electron chi connectivity index (χ0n) is 11.7. The number of hydrogen-bond acceptors (Lipinski definition) is 2. The molecule has 0 radical (unpaired) electrons. The van der Waals surface area contributed by atoms with Crippen LogP contribution < -0.4 is 0 Å². The van der Waals surface area contributed by atoms with Gasteiger partial charge in [0.15, 0.2) is 6.29 Å². The van der Waals surface area contributed by atoms with Crippen LogP contribution in [0, 0.1) is 10.8 Å². The predicted molar refractivity (Wildman–Crippen MR) is 75.5 cm³/mol. The molecule has 0 N–H and O–H groups in total. The lowest BCUT2D eigenvalue weighted by Gasteiger charge is -2.35. The summed E-state index contributed by atoms with van der Waals surface area (Å²) in [6, 6.07) is 0. The van der Waals surface area contributed by atoms with Crippen molar-refractivity contribution in [1.29, 1.82) is 0 Å². The number of alkyl halides is 1. The van der Waals surface area contributed by atoms with Gasteiger partial charge in [-0.25, -0.2) is 0 Å². The molecule has 0 aliphatic carbocycles. The van der Waals surface area contributed by atoms with Gasteiger partial charge in [-0.15, -0.1) is 0 Å². The lowest BCUT2D eigenvalue weighted by molar-refractivity contribution is -0.178. The Kier molecular flexibility index (Phi) is 5.94. The summed E-state index contributed by atoms with van der Waals surface area (Å²) in [4.78, 5) is 0. The summed E-state index contributed by atoms with van der Waals surface area (Å²) in [6.45, 7) is 10.8. The molecular formula is C14H27BrO2. The Morgan fingerprint density at radius 2 is 1.88 bits per heavy atom. The van der Waals surface area contributed by atoms with Gasteiger partial charge in [-0.05, 0) is 36.5 Å². The highest BCUT2D eigenvalue weighted by Crippen LogP contribution is 2.35. The average Bonchev–Trinajstić information content (AvgIpc) is 2.27. The van der Waals surface area contributed by atoms with E-state index in [-0.39, 0.29) is 11.7 Å². The van der Waals surface area contributed by atoms with Crippen molar-refractivity contribution in [3.8, 4) is 0 Å². The van der Waals surface area contributed by atoms with Crippen LogP contribution in [0.5, 0.6) is 0 Å². The van der Waals surface area contributed by atoms with Gasteiger partial charge in [0.1, 0.15) is 0 Å². The first-order valence-electron chi connectivity index (χ1n) is 6.64. The van der Waals surface area contributed by atoms with Gasteiger partial charge in [0.25, 0.3) is 0 Å². The van der Waals surface area contributed by atoms with Gasteiger partial charge < -0.3 is 9.47 Å². The molecule has 1 heterocycles. The highest BCUT2D eigenvalue weighted by molar-refractivity contribution is 9.09. The van der Waals surface area contributed by atoms with Gasteiger partial charge in [-0.3, -0.25) is 0 Å². The monoisotopic (exact) mass is 306 g/mol. The molecule has 102 valence electrons. The third-order valence-electron chi connectivity index (χ3n) is 3.12. The van der Waals surface area contributed by atoms with Crippen LogP contribution >= 0.6 is 15.9 Å². The molecule has 0 aromatic heterocycles. The summed E-state index contributed by atoms with van der Waals surface area (Å²) < 4.78 is 11.5. The van der Waals surface area contributed by atoms with Crippen LogP contribution in [0.4, 0.5) is 0 Å². The van der Waals surface area contributed by atoms with Crippen molar-refractivity contribution in [3.05, 3.63) is 0 Å². The van der Waals surface area contributed by atoms with E-state index in [1.807, 2.05) is 0 Å². The van der Waals surface area contributed by atoms with Gasteiger partial charge >= 0.3 is 0 Å². The molecule has 0 saturated carbocycles. The molecule has 1 unspecified atom stereocenters. The van der Waals surface area contributed by atoms with E-state index in [9.17, 15) is 0 Å². The predicted octanol–water partition coefficient (Wildman–Crippen LogP) is 4.37. The van der Waals surface area contributed by atoms with Crippen molar-refractivity contribution in [2.45, 2.75) is 59.7 Å². The van der Waals surface area contributed by atoms with Crippen molar-refractivity contribution in [3.63, 3.8) is 0 Å². The zero-order valence-corrected chi connectivity index (χ0v) is 13.3. The smallest absolute Gasteiger partial charge is 0.157 e. The molecule has 1 saturated heterocycles. The molecular weight excluding hydrogens is 280 g/mol. The molecule has 1 rings (SSSR count). The first-order valence-corrected chi connectivity index (χ1v) is 7.76. The topological polar surface area (TPSA) is 18.5 Å². The zero-order chi connectivity index (χ0) is 12.9. The molecule has 1 aliphatic rings. The largest absolute Gasteiger partial charge is 0.353 e. The van der Waals surface area contributed by atoms with Gasteiger partial charge in [0.05, 0.1) is 6.61 Å². The summed E-state index contributed by atoms with van der Waals surface area (Å²) in [5.74, 6) is 0. The summed E-state index contributed by atoms with van der Waals surface area (Å²) in [5, 5.41) is 1.03. The van der Waals surface area contributed by atoms with Crippen LogP contribution in [-0.2, 0) is 9.47 Å². The first-order chi connectivity index (χ1) is 7.85. The maximum Gasteiger partial charge on any atom is 0.157 e. The fraction of sp³-hybridized carbons (Fsp3) is 1.00. The molecule has 3 heteroatoms. The molecule has 1 atom stereocenters. The molecule has 1 fully saturated rings. The van der Waals surface area contributed by atoms with Crippen LogP contribution in [0.25, 0.3) is 0 Å². The number of rotatable bonds is 6. The van der Waals surface area contributed by atoms with Crippen LogP contribution in [0.2, 0.25) is 0 Å². The van der Waals surface area contributed by atoms with Gasteiger partial charge in [0, 0.05) is 11.9 Å². The van der Waals surface area contributed by atoms with E-state index in [2.05, 4.69) is 43.6 Å². The highest BCUT2D eigenvalue weighted by atomic mass is 79.9. The minimum absolute atomic E-state index is 0.0371. The lowest BCUT2D eigenvalue weighted by Crippen LogP contribution is -2.32. The Balaban J connectivity index is 2.32. The SMILES string of the molecule is CC(C)(CBr)CC(C)(C)COC1CCCCO1. The summed E-state index contributed by atoms with van der Waals surface area (Å²) in [6.07, 6.45) is 4.66. The fourth-order valence-corrected chi connectivity index (χ4v) is 2.75. The van der Waals surface area contributed by atoms with Gasteiger partial charge in [0.2, 0.25) is 0 Å². The van der Waals surface area contributed by atoms with Crippen LogP contribution in [0.3, 0.4) is 0 Å². The third-order valence-corrected chi connectivity index (χ3v) is 4.63. The van der Waals surface area contributed by atoms with E-state index in [1.54, 1.807) is 0 Å². The molecule has 0 amide bonds. The van der Waals surface area contributed by atoms with Crippen LogP contribution in [-0.4, -0.2) is 24.8 Å². The Morgan fingerprint density at radius 1 is 1.18 bits per heavy atom. The van der Waals surface area contributed by atoms with Crippen LogP contribution in [0.15, 0.2) is 0 Å². The van der Waals surface area contributed by atoms with Crippen molar-refractivity contribution < 1.29 is 9.47 Å². The Labute approximate surface area is 115 Å². The molecule has 2 nitrogen and oxygen atoms in total. The third kappa shape index (κ3) is 6.21. The van der Waals surface area contributed by atoms with E-state index < -0.39 is 0 Å². The molecule has 1 aliphatic heterocycles. The van der Waals surface area contributed by atoms with Gasteiger partial charge in [-0.2, -0.15) is 0 Å². The maximum atomic E-state index is 5.90. The van der Waals surface area contributed by atoms with Crippen LogP contribution in [0.1, 0.15) is 53.4 Å². The number of ether oxygens (including phenoxy) is 2. The molecule has 0 spiro atoms. The van der Waals surface area contributed by atoms with Crippen molar-refractivity contribution in [2.24, 2.45) is 10.8 Å². The van der Waals surface area contributed by atoms with Gasteiger partial charge in [-0.1, -0.05) is 43.6 Å². The van der Waals surface area contributed by atoms with E-state index in [1.165, 1.54) is 12.8 Å². The normalized spacial score (nSPS) is 22.8. The Bertz CT molecular complexity index is 220. The second kappa shape index (κ2) is 6.53. The first kappa shape index (κ1) is 15.5. The summed E-state index contributed by atoms with van der Waals surface area (Å²) in [5.41, 5.74) is 0.526. The second-order valence-corrected chi connectivity index (χ2v) is 7.31. The fourth-order valence-electron chi connectivity index (χ4n) is 2.55. The minimum Gasteiger partial charge on any atom is -0.353 e. The van der Waals surface area contributed by atoms with Crippen molar-refractivity contribution in [2.75, 3.05) is 18.5 Å². The quantitative estimate of drug-likeness (QED) is 0.679. The van der Waals surface area contributed by atoms with E-state index in [4.69, 9.17) is 9.47 Å². The number of hydrogen-bond donors (Lipinski definition) is 0. The van der Waals surface area contributed by atoms with Crippen molar-refractivity contribution in [1.82, 2.24) is 0 Å². The lowest BCUT2D eigenvalue weighted by atomic mass is 9.77. The maximum absolute atomic E-state index is 5.90. The van der Waals surface area contributed by atoms with E-state index in [0.717, 1.165) is 31.4 Å². The second-order valence-electron chi connectivity index (χ2n) is 6.75. The molecule has 0 bridgehead atoms. The molecule has 0 aromatic rings. The summed E-state index contributed by atoms with van der Waals surface area (Å²) >= 11 is 3.59. The Morgan fingerprint density at radius 3 is 2.41 bits per heavy atom. The molecule has 0 aromatic carbocycles. The summed E-state index contributed by atoms with van der Waals surface area (Å²) in [7, 11) is 0. The Hall–Kier alpha value is 0.400. The van der Waals surface area contributed by atoms with Crippen molar-refractivity contribution >= 4 is 15.9 Å². The highest BCUT2D eigenvalue weighted by Gasteiger charge is 2.29. The standard InChI is InChI=1S/C14H27BrO2/c1-13(2,10-15)9-14(3,4)11-17-12-7-5-6-8-16-12/h12H,5-11H2,1-4H3. The average molecular weight is 307 g/mol. The number of halogens is 1. The minimum atomic E-state index is 0.0371. The van der Waals surface area contributed by atoms with E-state index in [0.29, 0.717) is 5.41 Å². The van der Waals surface area contributed by atoms with E-state index >= 15 is 0 Å².